The summed E-state index contributed by atoms with van der Waals surface area (Å²) in [6.07, 6.45) is 1.87. The first kappa shape index (κ1) is 37.7. The Balaban J connectivity index is 1.45. The van der Waals surface area contributed by atoms with Gasteiger partial charge in [0.05, 0.1) is 23.7 Å². The van der Waals surface area contributed by atoms with Gasteiger partial charge in [-0.1, -0.05) is 53.5 Å². The second kappa shape index (κ2) is 14.7. The fraction of sp³-hybridized carbons (Fsp3) is 0.463. The maximum Gasteiger partial charge on any atom is 0.326 e. The second-order valence-electron chi connectivity index (χ2n) is 14.9. The van der Waals surface area contributed by atoms with Crippen LogP contribution >= 0.6 is 23.2 Å². The van der Waals surface area contributed by atoms with E-state index in [0.717, 1.165) is 55.7 Å². The molecule has 274 valence electrons. The van der Waals surface area contributed by atoms with Crippen LogP contribution in [-0.2, 0) is 21.3 Å². The van der Waals surface area contributed by atoms with Gasteiger partial charge in [-0.15, -0.1) is 0 Å². The minimum atomic E-state index is -1.03. The molecule has 2 atom stereocenters. The van der Waals surface area contributed by atoms with Crippen LogP contribution in [0.5, 0.6) is 5.75 Å². The number of piperazine rings is 1. The van der Waals surface area contributed by atoms with Gasteiger partial charge in [-0.2, -0.15) is 5.26 Å². The Morgan fingerprint density at radius 2 is 1.46 bits per heavy atom. The van der Waals surface area contributed by atoms with Gasteiger partial charge in [0.15, 0.2) is 0 Å². The number of nitrogens with zero attached hydrogens (tertiary/aromatic N) is 6. The number of likely N-dealkylation sites (tertiary alicyclic amines) is 1. The summed E-state index contributed by atoms with van der Waals surface area (Å²) >= 11 is 12.8. The van der Waals surface area contributed by atoms with Crippen LogP contribution in [-0.4, -0.2) is 89.3 Å². The van der Waals surface area contributed by atoms with Crippen molar-refractivity contribution >= 4 is 41.0 Å². The van der Waals surface area contributed by atoms with E-state index < -0.39 is 16.5 Å². The number of piperidine rings is 1. The standard InChI is InChI=1S/C41H48Cl2N6O3/c1-7-52-36-26-31(39(3,4)27-44)12-17-35(36)37-45-40(5,29-8-13-32(42)14-9-29)41(6,30-10-15-33(43)16-11-30)49(37)38(51)48-24-22-47(23-25-48)34-18-20-46(21-19-34)28(2)50/h8-17,26,34H,7,18-25H2,1-6H3/t40-,41+/m0/s1. The molecule has 0 bridgehead atoms. The van der Waals surface area contributed by atoms with Crippen LogP contribution in [0.2, 0.25) is 10.0 Å². The highest BCUT2D eigenvalue weighted by Gasteiger charge is 2.60. The van der Waals surface area contributed by atoms with E-state index in [1.165, 1.54) is 0 Å². The Bertz CT molecular complexity index is 1880. The van der Waals surface area contributed by atoms with Crippen LogP contribution in [0, 0.1) is 11.3 Å². The summed E-state index contributed by atoms with van der Waals surface area (Å²) in [4.78, 5) is 41.0. The first-order valence-corrected chi connectivity index (χ1v) is 18.9. The molecule has 52 heavy (non-hydrogen) atoms. The molecule has 3 aromatic rings. The van der Waals surface area contributed by atoms with Gasteiger partial charge in [0.25, 0.3) is 0 Å². The molecule has 0 N–H and O–H groups in total. The smallest absolute Gasteiger partial charge is 0.326 e. The van der Waals surface area contributed by atoms with Crippen LogP contribution in [0.4, 0.5) is 4.79 Å². The lowest BCUT2D eigenvalue weighted by Gasteiger charge is -2.48. The SMILES string of the molecule is CCOc1cc(C(C)(C)C#N)ccc1C1=N[C@@](C)(c2ccc(Cl)cc2)[C@@](C)(c2ccc(Cl)cc2)N1C(=O)N1CCN(C2CCN(C(C)=O)CC2)CC1. The average molecular weight is 744 g/mol. The van der Waals surface area contributed by atoms with Gasteiger partial charge in [-0.3, -0.25) is 19.6 Å². The number of rotatable bonds is 7. The van der Waals surface area contributed by atoms with Crippen LogP contribution < -0.4 is 4.74 Å². The molecule has 0 unspecified atom stereocenters. The summed E-state index contributed by atoms with van der Waals surface area (Å²) in [6.45, 7) is 16.0. The van der Waals surface area contributed by atoms with Crippen LogP contribution in [0.1, 0.15) is 76.6 Å². The summed E-state index contributed by atoms with van der Waals surface area (Å²) in [5.41, 5.74) is 0.488. The van der Waals surface area contributed by atoms with E-state index in [1.807, 2.05) is 102 Å². The zero-order chi connectivity index (χ0) is 37.4. The van der Waals surface area contributed by atoms with E-state index in [1.54, 1.807) is 6.92 Å². The summed E-state index contributed by atoms with van der Waals surface area (Å²) in [7, 11) is 0. The number of urea groups is 1. The highest BCUT2D eigenvalue weighted by atomic mass is 35.5. The maximum atomic E-state index is 15.3. The summed E-state index contributed by atoms with van der Waals surface area (Å²) in [5.74, 6) is 1.17. The molecule has 0 radical (unpaired) electrons. The Labute approximate surface area is 317 Å². The van der Waals surface area contributed by atoms with Crippen molar-refractivity contribution in [1.82, 2.24) is 19.6 Å². The summed E-state index contributed by atoms with van der Waals surface area (Å²) in [6, 6.07) is 23.7. The van der Waals surface area contributed by atoms with E-state index in [0.29, 0.717) is 52.9 Å². The molecule has 3 heterocycles. The fourth-order valence-corrected chi connectivity index (χ4v) is 8.22. The molecule has 11 heteroatoms. The molecule has 3 aliphatic heterocycles. The molecule has 0 spiro atoms. The van der Waals surface area contributed by atoms with Gasteiger partial charge in [0.2, 0.25) is 5.91 Å². The average Bonchev–Trinajstić information content (AvgIpc) is 3.39. The lowest BCUT2D eigenvalue weighted by atomic mass is 9.71. The maximum absolute atomic E-state index is 15.3. The third-order valence-corrected chi connectivity index (χ3v) is 12.0. The lowest BCUT2D eigenvalue weighted by molar-refractivity contribution is -0.130. The number of aliphatic imine (C=N–C) groups is 1. The molecule has 6 rings (SSSR count). The number of nitriles is 1. The van der Waals surface area contributed by atoms with Gasteiger partial charge in [0.1, 0.15) is 22.7 Å². The van der Waals surface area contributed by atoms with Gasteiger partial charge >= 0.3 is 6.03 Å². The van der Waals surface area contributed by atoms with Crippen LogP contribution in [0.3, 0.4) is 0 Å². The summed E-state index contributed by atoms with van der Waals surface area (Å²) < 4.78 is 6.28. The lowest BCUT2D eigenvalue weighted by Crippen LogP contribution is -2.61. The predicted molar refractivity (Wildman–Crippen MR) is 206 cm³/mol. The van der Waals surface area contributed by atoms with Crippen LogP contribution in [0.15, 0.2) is 71.7 Å². The van der Waals surface area contributed by atoms with Crippen molar-refractivity contribution in [3.8, 4) is 11.8 Å². The largest absolute Gasteiger partial charge is 0.493 e. The van der Waals surface area contributed by atoms with Crippen molar-refractivity contribution in [2.24, 2.45) is 4.99 Å². The zero-order valence-corrected chi connectivity index (χ0v) is 32.5. The molecule has 0 aromatic heterocycles. The van der Waals surface area contributed by atoms with Crippen molar-refractivity contribution in [2.75, 3.05) is 45.9 Å². The molecular weight excluding hydrogens is 695 g/mol. The first-order valence-electron chi connectivity index (χ1n) is 18.1. The van der Waals surface area contributed by atoms with Gasteiger partial charge in [-0.05, 0) is 101 Å². The van der Waals surface area contributed by atoms with Crippen molar-refractivity contribution in [2.45, 2.75) is 76.9 Å². The van der Waals surface area contributed by atoms with E-state index in [4.69, 9.17) is 32.9 Å². The first-order chi connectivity index (χ1) is 24.7. The number of amides is 3. The van der Waals surface area contributed by atoms with Gasteiger partial charge in [-0.25, -0.2) is 4.79 Å². The Morgan fingerprint density at radius 3 is 2.00 bits per heavy atom. The third kappa shape index (κ3) is 6.77. The number of ether oxygens (including phenoxy) is 1. The number of carbonyl (C=O) groups is 2. The number of carbonyl (C=O) groups excluding carboxylic acids is 2. The second-order valence-corrected chi connectivity index (χ2v) is 15.7. The zero-order valence-electron chi connectivity index (χ0n) is 31.0. The normalized spacial score (nSPS) is 23.0. The molecule has 3 amide bonds. The molecule has 2 fully saturated rings. The summed E-state index contributed by atoms with van der Waals surface area (Å²) in [5, 5.41) is 11.2. The van der Waals surface area contributed by atoms with E-state index in [-0.39, 0.29) is 11.9 Å². The number of benzene rings is 3. The quantitative estimate of drug-likeness (QED) is 0.246. The monoisotopic (exact) mass is 742 g/mol. The minimum Gasteiger partial charge on any atom is -0.493 e. The molecule has 3 aliphatic rings. The van der Waals surface area contributed by atoms with Gasteiger partial charge < -0.3 is 14.5 Å². The van der Waals surface area contributed by atoms with Gasteiger partial charge in [0, 0.05) is 62.3 Å². The Hall–Kier alpha value is -4.10. The topological polar surface area (TPSA) is 92.5 Å². The predicted octanol–water partition coefficient (Wildman–Crippen LogP) is 7.83. The van der Waals surface area contributed by atoms with Crippen molar-refractivity contribution in [3.05, 3.63) is 99.0 Å². The van der Waals surface area contributed by atoms with Crippen LogP contribution in [0.25, 0.3) is 0 Å². The molecular formula is C41H48Cl2N6O3. The Morgan fingerprint density at radius 1 is 0.885 bits per heavy atom. The molecule has 2 saturated heterocycles. The number of hydrogen-bond donors (Lipinski definition) is 0. The van der Waals surface area contributed by atoms with E-state index in [2.05, 4.69) is 24.8 Å². The minimum absolute atomic E-state index is 0.127. The third-order valence-electron chi connectivity index (χ3n) is 11.5. The molecule has 0 aliphatic carbocycles. The number of hydrogen-bond acceptors (Lipinski definition) is 6. The van der Waals surface area contributed by atoms with E-state index >= 15 is 4.79 Å². The molecule has 9 nitrogen and oxygen atoms in total. The fourth-order valence-electron chi connectivity index (χ4n) is 7.97. The van der Waals surface area contributed by atoms with E-state index in [9.17, 15) is 10.1 Å². The highest BCUT2D eigenvalue weighted by Crippen LogP contribution is 2.54. The number of amidine groups is 1. The molecule has 3 aromatic carbocycles. The molecule has 0 saturated carbocycles. The number of halogens is 2. The van der Waals surface area contributed by atoms with Crippen molar-refractivity contribution < 1.29 is 14.3 Å². The highest BCUT2D eigenvalue weighted by molar-refractivity contribution is 6.30. The van der Waals surface area contributed by atoms with Crippen molar-refractivity contribution in [1.29, 1.82) is 5.26 Å². The van der Waals surface area contributed by atoms with Crippen molar-refractivity contribution in [3.63, 3.8) is 0 Å². The Kier molecular flexibility index (Phi) is 10.7.